The van der Waals surface area contributed by atoms with Gasteiger partial charge in [0, 0.05) is 23.3 Å². The molecular weight excluding hydrogens is 208 g/mol. The van der Waals surface area contributed by atoms with Gasteiger partial charge in [0.05, 0.1) is 0 Å². The minimum absolute atomic E-state index is 0.507. The van der Waals surface area contributed by atoms with E-state index in [9.17, 15) is 0 Å². The van der Waals surface area contributed by atoms with Crippen molar-refractivity contribution < 1.29 is 0 Å². The van der Waals surface area contributed by atoms with E-state index >= 15 is 0 Å². The predicted molar refractivity (Wildman–Crippen MR) is 68.9 cm³/mol. The van der Waals surface area contributed by atoms with Gasteiger partial charge in [-0.3, -0.25) is 0 Å². The van der Waals surface area contributed by atoms with E-state index in [4.69, 9.17) is 0 Å². The van der Waals surface area contributed by atoms with Crippen molar-refractivity contribution in [3.05, 3.63) is 24.0 Å². The summed E-state index contributed by atoms with van der Waals surface area (Å²) in [6.45, 7) is 0. The van der Waals surface area contributed by atoms with E-state index in [0.29, 0.717) is 5.41 Å². The van der Waals surface area contributed by atoms with Crippen molar-refractivity contribution >= 4 is 0 Å². The van der Waals surface area contributed by atoms with Crippen LogP contribution in [0.3, 0.4) is 0 Å². The quantitative estimate of drug-likeness (QED) is 0.803. The Labute approximate surface area is 103 Å². The second kappa shape index (κ2) is 3.38. The summed E-state index contributed by atoms with van der Waals surface area (Å²) in [7, 11) is 2.16. The monoisotopic (exact) mass is 230 g/mol. The van der Waals surface area contributed by atoms with E-state index in [-0.39, 0.29) is 0 Å². The van der Waals surface area contributed by atoms with Crippen LogP contribution in [0.5, 0.6) is 0 Å². The number of H-pyrrole nitrogens is 1. The molecular formula is C15H22N2. The zero-order chi connectivity index (χ0) is 11.5. The molecule has 2 atom stereocenters. The highest BCUT2D eigenvalue weighted by molar-refractivity contribution is 5.24. The smallest absolute Gasteiger partial charge is 0.0210 e. The molecule has 1 aromatic rings. The highest BCUT2D eigenvalue weighted by atomic mass is 14.9. The molecule has 0 aromatic carbocycles. The first-order valence-corrected chi connectivity index (χ1v) is 7.12. The van der Waals surface area contributed by atoms with Gasteiger partial charge in [-0.25, -0.2) is 0 Å². The second-order valence-electron chi connectivity index (χ2n) is 6.65. The van der Waals surface area contributed by atoms with Crippen molar-refractivity contribution in [2.24, 2.45) is 17.8 Å². The Morgan fingerprint density at radius 3 is 2.59 bits per heavy atom. The number of aromatic amines is 1. The van der Waals surface area contributed by atoms with Crippen LogP contribution in [0.2, 0.25) is 0 Å². The molecule has 0 spiro atoms. The maximum atomic E-state index is 3.60. The molecule has 1 aromatic heterocycles. The molecule has 4 fully saturated rings. The van der Waals surface area contributed by atoms with Crippen molar-refractivity contribution in [2.75, 3.05) is 7.05 Å². The Kier molecular flexibility index (Phi) is 2.03. The minimum Gasteiger partial charge on any atom is -0.365 e. The fourth-order valence-electron chi connectivity index (χ4n) is 5.49. The van der Waals surface area contributed by atoms with Gasteiger partial charge in [-0.2, -0.15) is 0 Å². The first-order chi connectivity index (χ1) is 8.31. The lowest BCUT2D eigenvalue weighted by Gasteiger charge is -2.60. The van der Waals surface area contributed by atoms with E-state index in [1.165, 1.54) is 37.8 Å². The summed E-state index contributed by atoms with van der Waals surface area (Å²) in [5.41, 5.74) is 2.03. The van der Waals surface area contributed by atoms with Crippen molar-refractivity contribution in [3.63, 3.8) is 0 Å². The van der Waals surface area contributed by atoms with Crippen LogP contribution in [0.1, 0.15) is 37.8 Å². The zero-order valence-electron chi connectivity index (χ0n) is 10.6. The number of hydrogen-bond donors (Lipinski definition) is 2. The molecule has 0 saturated heterocycles. The zero-order valence-corrected chi connectivity index (χ0v) is 10.6. The molecule has 0 radical (unpaired) electrons. The van der Waals surface area contributed by atoms with Crippen LogP contribution < -0.4 is 5.32 Å². The van der Waals surface area contributed by atoms with Gasteiger partial charge in [0.1, 0.15) is 0 Å². The number of rotatable bonds is 2. The molecule has 4 saturated carbocycles. The lowest BCUT2D eigenvalue weighted by molar-refractivity contribution is -0.0341. The van der Waals surface area contributed by atoms with Gasteiger partial charge in [0.15, 0.2) is 0 Å². The predicted octanol–water partition coefficient (Wildman–Crippen LogP) is 2.68. The maximum absolute atomic E-state index is 3.60. The van der Waals surface area contributed by atoms with E-state index in [0.717, 1.165) is 23.8 Å². The second-order valence-corrected chi connectivity index (χ2v) is 6.65. The third-order valence-corrected chi connectivity index (χ3v) is 5.78. The summed E-state index contributed by atoms with van der Waals surface area (Å²) in [5, 5.41) is 3.60. The summed E-state index contributed by atoms with van der Waals surface area (Å²) in [6.07, 6.45) is 9.31. The lowest BCUT2D eigenvalue weighted by Crippen LogP contribution is -2.59. The molecule has 17 heavy (non-hydrogen) atoms. The highest BCUT2D eigenvalue weighted by Crippen LogP contribution is 2.60. The van der Waals surface area contributed by atoms with Crippen LogP contribution in [0.15, 0.2) is 18.3 Å². The average molecular weight is 230 g/mol. The molecule has 2 unspecified atom stereocenters. The fourth-order valence-corrected chi connectivity index (χ4v) is 5.49. The summed E-state index contributed by atoms with van der Waals surface area (Å²) in [4.78, 5) is 3.51. The molecule has 0 amide bonds. The molecule has 2 nitrogen and oxygen atoms in total. The Hall–Kier alpha value is -0.760. The van der Waals surface area contributed by atoms with Crippen LogP contribution >= 0.6 is 0 Å². The van der Waals surface area contributed by atoms with Crippen molar-refractivity contribution in [1.29, 1.82) is 0 Å². The molecule has 4 aliphatic carbocycles. The standard InChI is InChI=1S/C15H22N2/c1-16-14-11-5-10-6-12(14)9-15(7-10,8-11)13-3-2-4-17-13/h2-4,10-12,14,16-17H,5-9H2,1H3. The molecule has 5 rings (SSSR count). The Morgan fingerprint density at radius 2 is 2.00 bits per heavy atom. The lowest BCUT2D eigenvalue weighted by atomic mass is 9.47. The van der Waals surface area contributed by atoms with Crippen LogP contribution in [0.4, 0.5) is 0 Å². The SMILES string of the molecule is CNC1C2CC3CC1CC(c1ccc[nH]1)(C3)C2. The van der Waals surface area contributed by atoms with Crippen LogP contribution in [0.25, 0.3) is 0 Å². The molecule has 4 aliphatic rings. The summed E-state index contributed by atoms with van der Waals surface area (Å²) in [6, 6.07) is 5.29. The molecule has 4 bridgehead atoms. The maximum Gasteiger partial charge on any atom is 0.0210 e. The third-order valence-electron chi connectivity index (χ3n) is 5.78. The largest absolute Gasteiger partial charge is 0.365 e. The van der Waals surface area contributed by atoms with Crippen molar-refractivity contribution in [1.82, 2.24) is 10.3 Å². The van der Waals surface area contributed by atoms with Crippen LogP contribution in [-0.4, -0.2) is 18.1 Å². The highest BCUT2D eigenvalue weighted by Gasteiger charge is 2.55. The number of nitrogens with one attached hydrogen (secondary N) is 2. The average Bonchev–Trinajstić information content (AvgIpc) is 2.82. The molecule has 1 heterocycles. The topological polar surface area (TPSA) is 27.8 Å². The summed E-state index contributed by atoms with van der Waals surface area (Å²) >= 11 is 0. The van der Waals surface area contributed by atoms with E-state index in [1.54, 1.807) is 0 Å². The minimum atomic E-state index is 0.507. The number of aromatic nitrogens is 1. The summed E-state index contributed by atoms with van der Waals surface area (Å²) < 4.78 is 0. The normalized spacial score (nSPS) is 47.6. The van der Waals surface area contributed by atoms with Crippen LogP contribution in [0, 0.1) is 17.8 Å². The Morgan fingerprint density at radius 1 is 1.24 bits per heavy atom. The fraction of sp³-hybridized carbons (Fsp3) is 0.733. The van der Waals surface area contributed by atoms with Crippen molar-refractivity contribution in [3.8, 4) is 0 Å². The van der Waals surface area contributed by atoms with E-state index < -0.39 is 0 Å². The first-order valence-electron chi connectivity index (χ1n) is 7.12. The van der Waals surface area contributed by atoms with Crippen molar-refractivity contribution in [2.45, 2.75) is 43.6 Å². The first kappa shape index (κ1) is 10.2. The molecule has 2 heteroatoms. The Balaban J connectivity index is 1.73. The third kappa shape index (κ3) is 1.31. The summed E-state index contributed by atoms with van der Waals surface area (Å²) in [5.74, 6) is 2.85. The number of hydrogen-bond acceptors (Lipinski definition) is 1. The van der Waals surface area contributed by atoms with E-state index in [2.05, 4.69) is 35.7 Å². The van der Waals surface area contributed by atoms with Gasteiger partial charge in [0.25, 0.3) is 0 Å². The molecule has 2 N–H and O–H groups in total. The van der Waals surface area contributed by atoms with Gasteiger partial charge < -0.3 is 10.3 Å². The Bertz CT molecular complexity index is 393. The van der Waals surface area contributed by atoms with Gasteiger partial charge in [-0.1, -0.05) is 0 Å². The van der Waals surface area contributed by atoms with Gasteiger partial charge >= 0.3 is 0 Å². The molecule has 92 valence electrons. The van der Waals surface area contributed by atoms with Gasteiger partial charge in [-0.05, 0) is 69.0 Å². The van der Waals surface area contributed by atoms with Gasteiger partial charge in [-0.15, -0.1) is 0 Å². The van der Waals surface area contributed by atoms with E-state index in [1.807, 2.05) is 0 Å². The molecule has 0 aliphatic heterocycles. The van der Waals surface area contributed by atoms with Crippen LogP contribution in [-0.2, 0) is 5.41 Å². The van der Waals surface area contributed by atoms with Gasteiger partial charge in [0.2, 0.25) is 0 Å².